The molecule has 2 nitrogen and oxygen atoms in total. The van der Waals surface area contributed by atoms with Crippen molar-refractivity contribution in [3.8, 4) is 0 Å². The summed E-state index contributed by atoms with van der Waals surface area (Å²) >= 11 is 0. The maximum absolute atomic E-state index is 10.2. The Morgan fingerprint density at radius 2 is 1.79 bits per heavy atom. The molecule has 0 unspecified atom stereocenters. The first-order valence-corrected chi connectivity index (χ1v) is 5.05. The van der Waals surface area contributed by atoms with Crippen LogP contribution in [0.5, 0.6) is 0 Å². The van der Waals surface area contributed by atoms with Crippen molar-refractivity contribution in [2.75, 3.05) is 0 Å². The van der Waals surface area contributed by atoms with E-state index >= 15 is 0 Å². The molecule has 0 atom stereocenters. The van der Waals surface area contributed by atoms with E-state index in [-0.39, 0.29) is 29.6 Å². The molecule has 3 heteroatoms. The Morgan fingerprint density at radius 1 is 1.21 bits per heavy atom. The van der Waals surface area contributed by atoms with Crippen LogP contribution in [0.25, 0.3) is 0 Å². The number of unbranched alkanes of at least 4 members (excludes halogenated alkanes) is 4. The molecule has 0 aliphatic heterocycles. The molecule has 0 fully saturated rings. The Hall–Kier alpha value is 0.210. The molecule has 0 rings (SSSR count). The topological polar surface area (TPSA) is 40.1 Å². The van der Waals surface area contributed by atoms with Crippen LogP contribution in [0.15, 0.2) is 11.6 Å². The van der Waals surface area contributed by atoms with Crippen molar-refractivity contribution >= 4 is 5.97 Å². The van der Waals surface area contributed by atoms with Gasteiger partial charge in [0.2, 0.25) is 0 Å². The number of aliphatic carboxylic acids is 1. The van der Waals surface area contributed by atoms with Gasteiger partial charge in [-0.25, -0.2) is 0 Å². The van der Waals surface area contributed by atoms with Crippen LogP contribution in [0.2, 0.25) is 0 Å². The first-order chi connectivity index (χ1) is 6.16. The summed E-state index contributed by atoms with van der Waals surface area (Å²) in [6, 6.07) is 0. The van der Waals surface area contributed by atoms with Gasteiger partial charge in [-0.05, 0) is 25.8 Å². The first-order valence-electron chi connectivity index (χ1n) is 5.05. The molecule has 0 N–H and O–H groups in total. The molecule has 0 aliphatic carbocycles. The Balaban J connectivity index is 0. The van der Waals surface area contributed by atoms with Crippen LogP contribution in [0.1, 0.15) is 52.4 Å². The predicted molar refractivity (Wildman–Crippen MR) is 52.1 cm³/mol. The predicted octanol–water partition coefficient (Wildman–Crippen LogP) is -0.953. The van der Waals surface area contributed by atoms with Crippen LogP contribution in [-0.2, 0) is 4.79 Å². The van der Waals surface area contributed by atoms with Crippen molar-refractivity contribution < 1.29 is 39.5 Å². The summed E-state index contributed by atoms with van der Waals surface area (Å²) < 4.78 is 0. The van der Waals surface area contributed by atoms with Crippen LogP contribution < -0.4 is 34.7 Å². The number of carbonyl (C=O) groups is 1. The van der Waals surface area contributed by atoms with Gasteiger partial charge in [-0.3, -0.25) is 0 Å². The van der Waals surface area contributed by atoms with Gasteiger partial charge in [-0.2, -0.15) is 0 Å². The second-order valence-electron chi connectivity index (χ2n) is 3.47. The summed E-state index contributed by atoms with van der Waals surface area (Å²) in [5, 5.41) is 10.2. The monoisotopic (exact) mass is 206 g/mol. The number of hydrogen-bond acceptors (Lipinski definition) is 2. The van der Waals surface area contributed by atoms with Gasteiger partial charge in [-0.1, -0.05) is 38.2 Å². The van der Waals surface area contributed by atoms with Gasteiger partial charge in [0, 0.05) is 0 Å². The minimum atomic E-state index is -1.08. The van der Waals surface area contributed by atoms with Gasteiger partial charge in [0.05, 0.1) is 5.97 Å². The van der Waals surface area contributed by atoms with Gasteiger partial charge >= 0.3 is 29.6 Å². The van der Waals surface area contributed by atoms with Gasteiger partial charge in [0.15, 0.2) is 0 Å². The smallest absolute Gasteiger partial charge is 0.545 e. The molecule has 0 saturated heterocycles. The van der Waals surface area contributed by atoms with Crippen LogP contribution in [0.3, 0.4) is 0 Å². The van der Waals surface area contributed by atoms with E-state index in [1.54, 1.807) is 0 Å². The molecule has 76 valence electrons. The third-order valence-electron chi connectivity index (χ3n) is 2.04. The quantitative estimate of drug-likeness (QED) is 0.306. The molecular formula is C11H19NaO2. The minimum absolute atomic E-state index is 0. The third-order valence-corrected chi connectivity index (χ3v) is 2.04. The molecule has 0 aromatic rings. The van der Waals surface area contributed by atoms with Crippen molar-refractivity contribution in [1.29, 1.82) is 0 Å². The Morgan fingerprint density at radius 3 is 2.29 bits per heavy atom. The fraction of sp³-hybridized carbons (Fsp3) is 0.727. The van der Waals surface area contributed by atoms with E-state index in [1.807, 2.05) is 6.92 Å². The summed E-state index contributed by atoms with van der Waals surface area (Å²) in [5.74, 6) is -1.08. The zero-order chi connectivity index (χ0) is 10.1. The third kappa shape index (κ3) is 12.2. The van der Waals surface area contributed by atoms with Gasteiger partial charge < -0.3 is 9.90 Å². The number of hydrogen-bond donors (Lipinski definition) is 0. The molecule has 0 radical (unpaired) electrons. The summed E-state index contributed by atoms with van der Waals surface area (Å²) in [6.45, 7) is 4.02. The van der Waals surface area contributed by atoms with Crippen molar-refractivity contribution in [3.63, 3.8) is 0 Å². The van der Waals surface area contributed by atoms with Crippen molar-refractivity contribution in [2.24, 2.45) is 0 Å². The fourth-order valence-corrected chi connectivity index (χ4v) is 1.28. The summed E-state index contributed by atoms with van der Waals surface area (Å²) in [5.41, 5.74) is 0.913. The largest absolute Gasteiger partial charge is 1.00 e. The minimum Gasteiger partial charge on any atom is -0.545 e. The number of carboxylic acid groups (broad SMARTS) is 1. The van der Waals surface area contributed by atoms with E-state index < -0.39 is 5.97 Å². The average molecular weight is 206 g/mol. The van der Waals surface area contributed by atoms with Crippen LogP contribution in [0.4, 0.5) is 0 Å². The van der Waals surface area contributed by atoms with E-state index in [1.165, 1.54) is 31.8 Å². The van der Waals surface area contributed by atoms with Crippen molar-refractivity contribution in [1.82, 2.24) is 0 Å². The Bertz CT molecular complexity index is 176. The second-order valence-corrected chi connectivity index (χ2v) is 3.47. The van der Waals surface area contributed by atoms with Crippen LogP contribution in [-0.4, -0.2) is 5.97 Å². The summed E-state index contributed by atoms with van der Waals surface area (Å²) in [7, 11) is 0. The molecule has 0 aliphatic rings. The molecular weight excluding hydrogens is 187 g/mol. The number of allylic oxidation sites excluding steroid dienone is 1. The van der Waals surface area contributed by atoms with E-state index in [9.17, 15) is 9.90 Å². The maximum atomic E-state index is 10.2. The zero-order valence-corrected chi connectivity index (χ0v) is 11.6. The molecule has 0 saturated carbocycles. The van der Waals surface area contributed by atoms with Gasteiger partial charge in [0.25, 0.3) is 0 Å². The fourth-order valence-electron chi connectivity index (χ4n) is 1.28. The van der Waals surface area contributed by atoms with Gasteiger partial charge in [0.1, 0.15) is 0 Å². The molecule has 0 aromatic carbocycles. The molecule has 0 spiro atoms. The molecule has 14 heavy (non-hydrogen) atoms. The van der Waals surface area contributed by atoms with Crippen LogP contribution in [0, 0.1) is 0 Å². The van der Waals surface area contributed by atoms with E-state index in [0.29, 0.717) is 0 Å². The normalized spacial score (nSPS) is 10.9. The Labute approximate surface area is 109 Å². The number of carboxylic acids is 1. The van der Waals surface area contributed by atoms with Gasteiger partial charge in [-0.15, -0.1) is 0 Å². The first kappa shape index (κ1) is 16.6. The molecule has 0 bridgehead atoms. The standard InChI is InChI=1S/C11H20O2.Na/c1-3-4-5-6-7-8-10(2)9-11(12)13;/h9H,3-8H2,1-2H3,(H,12,13);/q;+1/p-1/b10-9-;. The van der Waals surface area contributed by atoms with Crippen molar-refractivity contribution in [3.05, 3.63) is 11.6 Å². The summed E-state index contributed by atoms with van der Waals surface area (Å²) in [4.78, 5) is 10.2. The SMILES string of the molecule is CCCCCCC/C(C)=C\C(=O)[O-].[Na+]. The Kier molecular flexibility index (Phi) is 13.4. The van der Waals surface area contributed by atoms with E-state index in [4.69, 9.17) is 0 Å². The molecule has 0 heterocycles. The van der Waals surface area contributed by atoms with Crippen molar-refractivity contribution in [2.45, 2.75) is 52.4 Å². The number of carbonyl (C=O) groups excluding carboxylic acids is 1. The average Bonchev–Trinajstić information content (AvgIpc) is 2.02. The number of rotatable bonds is 7. The molecule has 0 aromatic heterocycles. The van der Waals surface area contributed by atoms with E-state index in [2.05, 4.69) is 6.92 Å². The molecule has 0 amide bonds. The summed E-state index contributed by atoms with van der Waals surface area (Å²) in [6.07, 6.45) is 8.16. The maximum Gasteiger partial charge on any atom is 1.00 e. The van der Waals surface area contributed by atoms with E-state index in [0.717, 1.165) is 18.4 Å². The van der Waals surface area contributed by atoms with Crippen LogP contribution >= 0.6 is 0 Å². The second kappa shape index (κ2) is 11.3. The zero-order valence-electron chi connectivity index (χ0n) is 9.64.